The summed E-state index contributed by atoms with van der Waals surface area (Å²) in [6, 6.07) is 4.12. The fourth-order valence-electron chi connectivity index (χ4n) is 1.18. The molecule has 0 saturated carbocycles. The average Bonchev–Trinajstić information content (AvgIpc) is 2.26. The van der Waals surface area contributed by atoms with Gasteiger partial charge in [-0.3, -0.25) is 4.98 Å². The zero-order valence-electron chi connectivity index (χ0n) is 9.20. The summed E-state index contributed by atoms with van der Waals surface area (Å²) < 4.78 is 5.01. The third-order valence-electron chi connectivity index (χ3n) is 2.01. The van der Waals surface area contributed by atoms with E-state index in [9.17, 15) is 0 Å². The molecule has 0 atom stereocenters. The number of pyridine rings is 1. The number of ether oxygens (including phenoxy) is 1. The molecule has 1 aromatic rings. The van der Waals surface area contributed by atoms with E-state index in [0.29, 0.717) is 0 Å². The van der Waals surface area contributed by atoms with Gasteiger partial charge in [-0.1, -0.05) is 12.6 Å². The molecule has 0 bridgehead atoms. The molecule has 0 spiro atoms. The Hall–Kier alpha value is -1.35. The van der Waals surface area contributed by atoms with Gasteiger partial charge in [-0.25, -0.2) is 0 Å². The lowest BCUT2D eigenvalue weighted by Crippen LogP contribution is -2.16. The minimum Gasteiger partial charge on any atom is -0.502 e. The summed E-state index contributed by atoms with van der Waals surface area (Å²) in [6.07, 6.45) is 4.34. The second-order valence-corrected chi connectivity index (χ2v) is 3.39. The molecule has 1 rings (SSSR count). The molecular formula is C12H18N2O. The third kappa shape index (κ3) is 5.18. The van der Waals surface area contributed by atoms with Gasteiger partial charge in [-0.15, -0.1) is 0 Å². The zero-order chi connectivity index (χ0) is 10.9. The molecule has 0 unspecified atom stereocenters. The Morgan fingerprint density at radius 3 is 3.07 bits per heavy atom. The largest absolute Gasteiger partial charge is 0.502 e. The van der Waals surface area contributed by atoms with Crippen LogP contribution in [-0.2, 0) is 11.3 Å². The fourth-order valence-corrected chi connectivity index (χ4v) is 1.18. The van der Waals surface area contributed by atoms with Crippen LogP contribution in [-0.4, -0.2) is 18.1 Å². The van der Waals surface area contributed by atoms with Crippen LogP contribution in [0.5, 0.6) is 0 Å². The van der Waals surface area contributed by atoms with Crippen molar-refractivity contribution >= 4 is 0 Å². The van der Waals surface area contributed by atoms with Crippen LogP contribution in [0.15, 0.2) is 31.2 Å². The summed E-state index contributed by atoms with van der Waals surface area (Å²) in [5.41, 5.74) is 2.27. The minimum atomic E-state index is 0.720. The standard InChI is InChI=1S/C12H18N2O/c1-3-15-8-4-7-13-10-12-6-5-11(2)9-14-12/h3,5-6,9,13H,1,4,7-8,10H2,2H3. The minimum absolute atomic E-state index is 0.720. The van der Waals surface area contributed by atoms with Crippen LogP contribution in [0.3, 0.4) is 0 Å². The highest BCUT2D eigenvalue weighted by molar-refractivity contribution is 5.11. The number of aromatic nitrogens is 1. The molecule has 82 valence electrons. The van der Waals surface area contributed by atoms with Gasteiger partial charge in [-0.2, -0.15) is 0 Å². The van der Waals surface area contributed by atoms with Gasteiger partial charge in [0.25, 0.3) is 0 Å². The quantitative estimate of drug-likeness (QED) is 0.547. The summed E-state index contributed by atoms with van der Waals surface area (Å²) in [5.74, 6) is 0. The number of hydrogen-bond acceptors (Lipinski definition) is 3. The van der Waals surface area contributed by atoms with Gasteiger partial charge in [0.1, 0.15) is 0 Å². The van der Waals surface area contributed by atoms with E-state index in [1.165, 1.54) is 11.8 Å². The van der Waals surface area contributed by atoms with Gasteiger partial charge >= 0.3 is 0 Å². The van der Waals surface area contributed by atoms with Gasteiger partial charge < -0.3 is 10.1 Å². The summed E-state index contributed by atoms with van der Waals surface area (Å²) >= 11 is 0. The average molecular weight is 206 g/mol. The van der Waals surface area contributed by atoms with Crippen LogP contribution in [0.2, 0.25) is 0 Å². The van der Waals surface area contributed by atoms with E-state index >= 15 is 0 Å². The van der Waals surface area contributed by atoms with Crippen molar-refractivity contribution in [1.29, 1.82) is 0 Å². The first-order chi connectivity index (χ1) is 7.33. The number of rotatable bonds is 7. The Morgan fingerprint density at radius 2 is 2.40 bits per heavy atom. The van der Waals surface area contributed by atoms with E-state index in [2.05, 4.69) is 22.9 Å². The maximum atomic E-state index is 5.01. The second kappa shape index (κ2) is 7.01. The molecule has 0 fully saturated rings. The van der Waals surface area contributed by atoms with Gasteiger partial charge in [0, 0.05) is 12.7 Å². The summed E-state index contributed by atoms with van der Waals surface area (Å²) in [4.78, 5) is 4.30. The van der Waals surface area contributed by atoms with Crippen LogP contribution >= 0.6 is 0 Å². The Morgan fingerprint density at radius 1 is 1.53 bits per heavy atom. The lowest BCUT2D eigenvalue weighted by Gasteiger charge is -2.04. The lowest BCUT2D eigenvalue weighted by molar-refractivity contribution is 0.244. The van der Waals surface area contributed by atoms with Crippen LogP contribution in [0.1, 0.15) is 17.7 Å². The van der Waals surface area contributed by atoms with E-state index in [-0.39, 0.29) is 0 Å². The molecule has 0 aliphatic heterocycles. The van der Waals surface area contributed by atoms with E-state index in [1.807, 2.05) is 19.2 Å². The molecule has 1 N–H and O–H groups in total. The predicted molar refractivity (Wildman–Crippen MR) is 61.4 cm³/mol. The normalized spacial score (nSPS) is 9.93. The van der Waals surface area contributed by atoms with Crippen molar-refractivity contribution in [3.63, 3.8) is 0 Å². The monoisotopic (exact) mass is 206 g/mol. The van der Waals surface area contributed by atoms with Crippen molar-refractivity contribution in [2.24, 2.45) is 0 Å². The zero-order valence-corrected chi connectivity index (χ0v) is 9.20. The highest BCUT2D eigenvalue weighted by Gasteiger charge is 1.93. The smallest absolute Gasteiger partial charge is 0.0885 e. The second-order valence-electron chi connectivity index (χ2n) is 3.39. The Bertz CT molecular complexity index is 282. The first kappa shape index (κ1) is 11.7. The van der Waals surface area contributed by atoms with Gasteiger partial charge in [0.15, 0.2) is 0 Å². The van der Waals surface area contributed by atoms with Crippen molar-refractivity contribution in [3.8, 4) is 0 Å². The highest BCUT2D eigenvalue weighted by atomic mass is 16.5. The Labute approximate surface area is 91.2 Å². The molecule has 0 radical (unpaired) electrons. The van der Waals surface area contributed by atoms with Gasteiger partial charge in [0.2, 0.25) is 0 Å². The Balaban J connectivity index is 2.09. The fraction of sp³-hybridized carbons (Fsp3) is 0.417. The molecule has 0 saturated heterocycles. The van der Waals surface area contributed by atoms with Gasteiger partial charge in [-0.05, 0) is 31.5 Å². The van der Waals surface area contributed by atoms with E-state index < -0.39 is 0 Å². The summed E-state index contributed by atoms with van der Waals surface area (Å²) in [6.45, 7) is 7.99. The van der Waals surface area contributed by atoms with Crippen LogP contribution in [0, 0.1) is 6.92 Å². The molecule has 0 aliphatic rings. The number of nitrogens with zero attached hydrogens (tertiary/aromatic N) is 1. The van der Waals surface area contributed by atoms with Crippen LogP contribution < -0.4 is 5.32 Å². The predicted octanol–water partition coefficient (Wildman–Crippen LogP) is 2.03. The van der Waals surface area contributed by atoms with Crippen LogP contribution in [0.4, 0.5) is 0 Å². The number of aryl methyl sites for hydroxylation is 1. The topological polar surface area (TPSA) is 34.1 Å². The third-order valence-corrected chi connectivity index (χ3v) is 2.01. The molecular weight excluding hydrogens is 188 g/mol. The Kier molecular flexibility index (Phi) is 5.48. The molecule has 3 heteroatoms. The maximum Gasteiger partial charge on any atom is 0.0885 e. The summed E-state index contributed by atoms with van der Waals surface area (Å²) in [5, 5.41) is 3.30. The molecule has 1 heterocycles. The number of hydrogen-bond donors (Lipinski definition) is 1. The maximum absolute atomic E-state index is 5.01. The van der Waals surface area contributed by atoms with Gasteiger partial charge in [0.05, 0.1) is 18.6 Å². The van der Waals surface area contributed by atoms with Crippen molar-refractivity contribution in [3.05, 3.63) is 42.4 Å². The molecule has 0 amide bonds. The van der Waals surface area contributed by atoms with E-state index in [0.717, 1.165) is 31.8 Å². The SMILES string of the molecule is C=COCCCNCc1ccc(C)cn1. The molecule has 0 aliphatic carbocycles. The van der Waals surface area contributed by atoms with Crippen molar-refractivity contribution in [2.75, 3.05) is 13.2 Å². The van der Waals surface area contributed by atoms with E-state index in [1.54, 1.807) is 0 Å². The van der Waals surface area contributed by atoms with Crippen molar-refractivity contribution in [1.82, 2.24) is 10.3 Å². The molecule has 1 aromatic heterocycles. The van der Waals surface area contributed by atoms with E-state index in [4.69, 9.17) is 4.74 Å². The lowest BCUT2D eigenvalue weighted by atomic mass is 10.3. The highest BCUT2D eigenvalue weighted by Crippen LogP contribution is 1.97. The van der Waals surface area contributed by atoms with Crippen molar-refractivity contribution in [2.45, 2.75) is 19.9 Å². The first-order valence-electron chi connectivity index (χ1n) is 5.17. The van der Waals surface area contributed by atoms with Crippen molar-refractivity contribution < 1.29 is 4.74 Å². The number of nitrogens with one attached hydrogen (secondary N) is 1. The molecule has 15 heavy (non-hydrogen) atoms. The first-order valence-corrected chi connectivity index (χ1v) is 5.17. The molecule has 3 nitrogen and oxygen atoms in total. The van der Waals surface area contributed by atoms with Crippen LogP contribution in [0.25, 0.3) is 0 Å². The summed E-state index contributed by atoms with van der Waals surface area (Å²) in [7, 11) is 0. The molecule has 0 aromatic carbocycles.